The molecule has 0 unspecified atom stereocenters. The number of anilines is 3. The van der Waals surface area contributed by atoms with Crippen molar-refractivity contribution in [2.45, 2.75) is 16.7 Å². The summed E-state index contributed by atoms with van der Waals surface area (Å²) in [5, 5.41) is 2.92. The van der Waals surface area contributed by atoms with Gasteiger partial charge in [0.15, 0.2) is 0 Å². The molecule has 0 aliphatic heterocycles. The fourth-order valence-electron chi connectivity index (χ4n) is 3.59. The van der Waals surface area contributed by atoms with Crippen LogP contribution in [0.25, 0.3) is 0 Å². The zero-order chi connectivity index (χ0) is 29.1. The molecule has 0 fully saturated rings. The zero-order valence-corrected chi connectivity index (χ0v) is 25.5. The monoisotopic (exact) mass is 681 g/mol. The summed E-state index contributed by atoms with van der Waals surface area (Å²) in [5.74, 6) is -0.685. The summed E-state index contributed by atoms with van der Waals surface area (Å²) in [4.78, 5) is 13.0. The first-order chi connectivity index (χ1) is 18.8. The Labute approximate surface area is 251 Å². The van der Waals surface area contributed by atoms with E-state index in [4.69, 9.17) is 23.2 Å². The van der Waals surface area contributed by atoms with E-state index in [2.05, 4.69) is 26.0 Å². The van der Waals surface area contributed by atoms with E-state index in [1.165, 1.54) is 54.6 Å². The molecule has 1 amide bonds. The molecule has 0 bridgehead atoms. The quantitative estimate of drug-likeness (QED) is 0.204. The fraction of sp³-hybridized carbons (Fsp3) is 0.0741. The minimum atomic E-state index is -4.22. The third-order valence-electron chi connectivity index (χ3n) is 5.62. The molecular weight excluding hydrogens is 661 g/mol. The summed E-state index contributed by atoms with van der Waals surface area (Å²) < 4.78 is 56.8. The van der Waals surface area contributed by atoms with Crippen molar-refractivity contribution < 1.29 is 21.6 Å². The first-order valence-electron chi connectivity index (χ1n) is 11.6. The van der Waals surface area contributed by atoms with Crippen LogP contribution in [0.1, 0.15) is 5.56 Å². The van der Waals surface area contributed by atoms with Gasteiger partial charge in [0, 0.05) is 20.9 Å². The van der Waals surface area contributed by atoms with Crippen LogP contribution in [0.3, 0.4) is 0 Å². The topological polar surface area (TPSA) is 113 Å². The van der Waals surface area contributed by atoms with Crippen molar-refractivity contribution in [1.29, 1.82) is 0 Å². The molecule has 13 heteroatoms. The van der Waals surface area contributed by atoms with Gasteiger partial charge in [-0.1, -0.05) is 56.8 Å². The zero-order valence-electron chi connectivity index (χ0n) is 20.8. The van der Waals surface area contributed by atoms with Crippen molar-refractivity contribution in [3.63, 3.8) is 0 Å². The molecule has 0 radical (unpaired) electrons. The normalized spacial score (nSPS) is 11.6. The van der Waals surface area contributed by atoms with Crippen LogP contribution in [-0.4, -0.2) is 29.3 Å². The summed E-state index contributed by atoms with van der Waals surface area (Å²) in [6, 6.07) is 22.6. The van der Waals surface area contributed by atoms with Crippen LogP contribution in [0.2, 0.25) is 10.0 Å². The van der Waals surface area contributed by atoms with Crippen molar-refractivity contribution in [3.05, 3.63) is 111 Å². The molecule has 208 valence electrons. The molecule has 4 aromatic carbocycles. The number of halogens is 3. The molecule has 4 aromatic rings. The predicted octanol–water partition coefficient (Wildman–Crippen LogP) is 6.70. The Morgan fingerprint density at radius 3 is 2.00 bits per heavy atom. The number of benzene rings is 4. The highest BCUT2D eigenvalue weighted by molar-refractivity contribution is 9.10. The number of hydrogen-bond donors (Lipinski definition) is 2. The number of sulfonamides is 2. The van der Waals surface area contributed by atoms with Gasteiger partial charge in [0.1, 0.15) is 6.54 Å². The third-order valence-corrected chi connectivity index (χ3v) is 9.87. The van der Waals surface area contributed by atoms with Crippen molar-refractivity contribution in [1.82, 2.24) is 0 Å². The van der Waals surface area contributed by atoms with Crippen LogP contribution in [0.4, 0.5) is 17.1 Å². The van der Waals surface area contributed by atoms with E-state index in [0.29, 0.717) is 5.69 Å². The molecule has 0 aliphatic carbocycles. The third kappa shape index (κ3) is 7.15. The van der Waals surface area contributed by atoms with Crippen LogP contribution >= 0.6 is 39.1 Å². The molecule has 0 aliphatic rings. The standard InChI is InChI=1S/C27H22BrCl2N3O5S2/c1-18-2-11-24(12-3-18)40(37,38)33(26-16-20(29)6-15-25(26)30)17-27(34)31-21-9-13-23(14-10-21)39(35,36)32-22-7-4-19(28)5-8-22/h2-16,32H,17H2,1H3,(H,31,34). The maximum absolute atomic E-state index is 13.6. The van der Waals surface area contributed by atoms with Gasteiger partial charge in [-0.2, -0.15) is 0 Å². The number of nitrogens with zero attached hydrogens (tertiary/aromatic N) is 1. The van der Waals surface area contributed by atoms with Gasteiger partial charge >= 0.3 is 0 Å². The minimum absolute atomic E-state index is 0.0253. The Morgan fingerprint density at radius 2 is 1.38 bits per heavy atom. The molecule has 4 rings (SSSR count). The molecule has 0 spiro atoms. The summed E-state index contributed by atoms with van der Waals surface area (Å²) in [7, 11) is -8.10. The second-order valence-corrected chi connectivity index (χ2v) is 13.9. The van der Waals surface area contributed by atoms with E-state index in [1.54, 1.807) is 36.4 Å². The van der Waals surface area contributed by atoms with Gasteiger partial charge < -0.3 is 5.32 Å². The first kappa shape index (κ1) is 29.9. The van der Waals surface area contributed by atoms with Crippen LogP contribution < -0.4 is 14.3 Å². The summed E-state index contributed by atoms with van der Waals surface area (Å²) in [6.45, 7) is 1.20. The van der Waals surface area contributed by atoms with Gasteiger partial charge in [-0.05, 0) is 85.8 Å². The summed E-state index contributed by atoms with van der Waals surface area (Å²) in [5.41, 5.74) is 1.54. The van der Waals surface area contributed by atoms with E-state index in [0.717, 1.165) is 14.3 Å². The number of nitrogens with one attached hydrogen (secondary N) is 2. The molecule has 0 heterocycles. The molecule has 0 saturated heterocycles. The number of hydrogen-bond acceptors (Lipinski definition) is 5. The lowest BCUT2D eigenvalue weighted by Crippen LogP contribution is -2.38. The highest BCUT2D eigenvalue weighted by Crippen LogP contribution is 2.33. The lowest BCUT2D eigenvalue weighted by molar-refractivity contribution is -0.114. The largest absolute Gasteiger partial charge is 0.325 e. The van der Waals surface area contributed by atoms with E-state index in [1.807, 2.05) is 6.92 Å². The lowest BCUT2D eigenvalue weighted by Gasteiger charge is -2.25. The van der Waals surface area contributed by atoms with Gasteiger partial charge in [-0.3, -0.25) is 13.8 Å². The Balaban J connectivity index is 1.55. The molecule has 0 saturated carbocycles. The van der Waals surface area contributed by atoms with E-state index < -0.39 is 32.5 Å². The van der Waals surface area contributed by atoms with E-state index in [-0.39, 0.29) is 31.2 Å². The molecule has 2 N–H and O–H groups in total. The number of rotatable bonds is 9. The molecular formula is C27H22BrCl2N3O5S2. The molecule has 40 heavy (non-hydrogen) atoms. The van der Waals surface area contributed by atoms with Crippen molar-refractivity contribution in [3.8, 4) is 0 Å². The highest BCUT2D eigenvalue weighted by Gasteiger charge is 2.29. The highest BCUT2D eigenvalue weighted by atomic mass is 79.9. The fourth-order valence-corrected chi connectivity index (χ4v) is 6.79. The lowest BCUT2D eigenvalue weighted by atomic mass is 10.2. The molecule has 0 aromatic heterocycles. The average Bonchev–Trinajstić information content (AvgIpc) is 2.90. The minimum Gasteiger partial charge on any atom is -0.325 e. The molecule has 8 nitrogen and oxygen atoms in total. The Kier molecular flexibility index (Phi) is 9.11. The molecule has 0 atom stereocenters. The number of carbonyl (C=O) groups is 1. The second-order valence-electron chi connectivity index (χ2n) is 8.61. The van der Waals surface area contributed by atoms with Crippen LogP contribution in [0.5, 0.6) is 0 Å². The summed E-state index contributed by atoms with van der Waals surface area (Å²) in [6.07, 6.45) is 0. The number of amides is 1. The van der Waals surface area contributed by atoms with Crippen molar-refractivity contribution in [2.24, 2.45) is 0 Å². The van der Waals surface area contributed by atoms with Crippen molar-refractivity contribution >= 4 is 82.1 Å². The van der Waals surface area contributed by atoms with Gasteiger partial charge in [0.25, 0.3) is 20.0 Å². The number of aryl methyl sites for hydroxylation is 1. The smallest absolute Gasteiger partial charge is 0.264 e. The van der Waals surface area contributed by atoms with Gasteiger partial charge in [0.05, 0.1) is 20.5 Å². The number of carbonyl (C=O) groups excluding carboxylic acids is 1. The first-order valence-corrected chi connectivity index (χ1v) is 16.1. The van der Waals surface area contributed by atoms with Gasteiger partial charge in [0.2, 0.25) is 5.91 Å². The van der Waals surface area contributed by atoms with E-state index >= 15 is 0 Å². The van der Waals surface area contributed by atoms with E-state index in [9.17, 15) is 21.6 Å². The van der Waals surface area contributed by atoms with Crippen LogP contribution in [0, 0.1) is 6.92 Å². The predicted molar refractivity (Wildman–Crippen MR) is 162 cm³/mol. The summed E-state index contributed by atoms with van der Waals surface area (Å²) >= 11 is 15.7. The van der Waals surface area contributed by atoms with Gasteiger partial charge in [-0.25, -0.2) is 16.8 Å². The maximum Gasteiger partial charge on any atom is 0.264 e. The Hall–Kier alpha value is -3.09. The van der Waals surface area contributed by atoms with Gasteiger partial charge in [-0.15, -0.1) is 0 Å². The van der Waals surface area contributed by atoms with Crippen LogP contribution in [-0.2, 0) is 24.8 Å². The Morgan fingerprint density at radius 1 is 0.800 bits per heavy atom. The maximum atomic E-state index is 13.6. The average molecular weight is 683 g/mol. The van der Waals surface area contributed by atoms with Crippen LogP contribution in [0.15, 0.2) is 105 Å². The van der Waals surface area contributed by atoms with Crippen molar-refractivity contribution in [2.75, 3.05) is 20.9 Å². The Bertz CT molecular complexity index is 1750. The second kappa shape index (κ2) is 12.2. The SMILES string of the molecule is Cc1ccc(S(=O)(=O)N(CC(=O)Nc2ccc(S(=O)(=O)Nc3ccc(Br)cc3)cc2)c2cc(Cl)ccc2Cl)cc1.